The normalized spacial score (nSPS) is 13.2. The molecule has 0 bridgehead atoms. The summed E-state index contributed by atoms with van der Waals surface area (Å²) in [4.78, 5) is 24.8. The fourth-order valence-corrected chi connectivity index (χ4v) is 7.87. The van der Waals surface area contributed by atoms with Crippen molar-refractivity contribution in [1.82, 2.24) is 0 Å². The van der Waals surface area contributed by atoms with E-state index in [0.29, 0.717) is 44.5 Å². The third kappa shape index (κ3) is 37.6. The van der Waals surface area contributed by atoms with Gasteiger partial charge in [-0.1, -0.05) is 201 Å². The van der Waals surface area contributed by atoms with Gasteiger partial charge in [0, 0.05) is 19.4 Å². The predicted octanol–water partition coefficient (Wildman–Crippen LogP) is 15.0. The summed E-state index contributed by atoms with van der Waals surface area (Å²) in [7, 11) is 0. The first kappa shape index (κ1) is 51.9. The maximum absolute atomic E-state index is 12.4. The number of aliphatic hydroxyl groups is 1. The van der Waals surface area contributed by atoms with Crippen LogP contribution in [0, 0.1) is 17.8 Å². The summed E-state index contributed by atoms with van der Waals surface area (Å²) in [6.07, 6.45) is 42.9. The van der Waals surface area contributed by atoms with Crippen molar-refractivity contribution < 1.29 is 24.2 Å². The summed E-state index contributed by atoms with van der Waals surface area (Å²) in [5.74, 6) is 1.94. The van der Waals surface area contributed by atoms with E-state index in [2.05, 4.69) is 27.7 Å². The molecule has 0 spiro atoms. The highest BCUT2D eigenvalue weighted by atomic mass is 16.5. The van der Waals surface area contributed by atoms with Crippen LogP contribution in [-0.2, 0) is 19.1 Å². The topological polar surface area (TPSA) is 72.8 Å². The summed E-state index contributed by atoms with van der Waals surface area (Å²) in [5, 5.41) is 9.21. The van der Waals surface area contributed by atoms with E-state index in [4.69, 9.17) is 9.47 Å². The van der Waals surface area contributed by atoms with Gasteiger partial charge in [0.15, 0.2) is 0 Å². The lowest BCUT2D eigenvalue weighted by atomic mass is 9.89. The van der Waals surface area contributed by atoms with E-state index in [1.165, 1.54) is 180 Å². The molecule has 0 rings (SSSR count). The van der Waals surface area contributed by atoms with Gasteiger partial charge in [-0.3, -0.25) is 9.59 Å². The van der Waals surface area contributed by atoms with Crippen LogP contribution in [-0.4, -0.2) is 36.9 Å². The van der Waals surface area contributed by atoms with E-state index >= 15 is 0 Å². The zero-order chi connectivity index (χ0) is 38.9. The highest BCUT2D eigenvalue weighted by molar-refractivity contribution is 5.69. The smallest absolute Gasteiger partial charge is 0.305 e. The Hall–Kier alpha value is -1.10. The minimum atomic E-state index is 0.0127. The summed E-state index contributed by atoms with van der Waals surface area (Å²) < 4.78 is 11.4. The van der Waals surface area contributed by atoms with Crippen LogP contribution in [0.1, 0.15) is 259 Å². The molecule has 2 atom stereocenters. The Labute approximate surface area is 331 Å². The van der Waals surface area contributed by atoms with Gasteiger partial charge in [0.2, 0.25) is 0 Å². The Kier molecular flexibility index (Phi) is 41.2. The molecule has 5 nitrogen and oxygen atoms in total. The molecule has 0 aliphatic rings. The van der Waals surface area contributed by atoms with E-state index in [-0.39, 0.29) is 11.9 Å². The average molecular weight is 751 g/mol. The molecule has 5 heteroatoms. The van der Waals surface area contributed by atoms with Crippen LogP contribution in [0.5, 0.6) is 0 Å². The van der Waals surface area contributed by atoms with E-state index < -0.39 is 0 Å². The van der Waals surface area contributed by atoms with Gasteiger partial charge in [-0.15, -0.1) is 0 Å². The molecule has 0 aromatic rings. The van der Waals surface area contributed by atoms with Crippen molar-refractivity contribution in [2.75, 3.05) is 19.8 Å². The van der Waals surface area contributed by atoms with Crippen molar-refractivity contribution in [3.05, 3.63) is 0 Å². The van der Waals surface area contributed by atoms with Gasteiger partial charge in [-0.25, -0.2) is 0 Å². The molecule has 0 amide bonds. The Balaban J connectivity index is 4.08. The molecule has 0 aromatic heterocycles. The van der Waals surface area contributed by atoms with Crippen molar-refractivity contribution in [2.45, 2.75) is 259 Å². The minimum absolute atomic E-state index is 0.0127. The molecule has 0 saturated carbocycles. The van der Waals surface area contributed by atoms with Crippen molar-refractivity contribution in [3.8, 4) is 0 Å². The molecule has 1 N–H and O–H groups in total. The second-order valence-corrected chi connectivity index (χ2v) is 16.8. The van der Waals surface area contributed by atoms with Crippen molar-refractivity contribution in [2.24, 2.45) is 17.8 Å². The van der Waals surface area contributed by atoms with Crippen molar-refractivity contribution >= 4 is 11.9 Å². The number of ether oxygens (including phenoxy) is 2. The predicted molar refractivity (Wildman–Crippen MR) is 228 cm³/mol. The first-order chi connectivity index (χ1) is 26.0. The number of unbranched alkanes of at least 4 members (excludes halogenated alkanes) is 20. The minimum Gasteiger partial charge on any atom is -0.465 e. The third-order valence-corrected chi connectivity index (χ3v) is 11.6. The summed E-state index contributed by atoms with van der Waals surface area (Å²) >= 11 is 0. The SMILES string of the molecule is CCCCCCC(CCCC)COC(=O)CCCCCCCCC(CCCCCO)CCCCCCCCC(=O)OCC(CCCC)CCCCCC. The summed E-state index contributed by atoms with van der Waals surface area (Å²) in [6, 6.07) is 0. The summed E-state index contributed by atoms with van der Waals surface area (Å²) in [5.41, 5.74) is 0. The van der Waals surface area contributed by atoms with E-state index in [1.54, 1.807) is 0 Å². The van der Waals surface area contributed by atoms with Crippen molar-refractivity contribution in [3.63, 3.8) is 0 Å². The number of hydrogen-bond acceptors (Lipinski definition) is 5. The third-order valence-electron chi connectivity index (χ3n) is 11.6. The van der Waals surface area contributed by atoms with Crippen LogP contribution in [0.2, 0.25) is 0 Å². The molecule has 0 aliphatic heterocycles. The fraction of sp³-hybridized carbons (Fsp3) is 0.958. The molecular weight excluding hydrogens is 657 g/mol. The van der Waals surface area contributed by atoms with Gasteiger partial charge in [0.25, 0.3) is 0 Å². The molecule has 0 aromatic carbocycles. The Bertz CT molecular complexity index is 698. The van der Waals surface area contributed by atoms with Gasteiger partial charge < -0.3 is 14.6 Å². The summed E-state index contributed by atoms with van der Waals surface area (Å²) in [6.45, 7) is 10.6. The number of aliphatic hydroxyl groups excluding tert-OH is 1. The highest BCUT2D eigenvalue weighted by Gasteiger charge is 2.14. The standard InChI is InChI=1S/C48H94O5/c1-5-9-13-24-37-45(32-11-7-3)42-52-47(50)39-29-21-17-15-19-26-34-44(36-28-23-31-41-49)35-27-20-16-18-22-30-40-48(51)53-43-46(33-12-8-4)38-25-14-10-6-2/h44-46,49H,5-43H2,1-4H3. The molecule has 0 saturated heterocycles. The second-order valence-electron chi connectivity index (χ2n) is 16.8. The molecular formula is C48H94O5. The number of hydrogen-bond donors (Lipinski definition) is 1. The first-order valence-electron chi connectivity index (χ1n) is 23.9. The van der Waals surface area contributed by atoms with Gasteiger partial charge in [0.05, 0.1) is 13.2 Å². The average Bonchev–Trinajstić information content (AvgIpc) is 3.16. The number of esters is 2. The molecule has 0 aliphatic carbocycles. The second kappa shape index (κ2) is 42.1. The van der Waals surface area contributed by atoms with E-state index in [9.17, 15) is 14.7 Å². The van der Waals surface area contributed by atoms with Crippen molar-refractivity contribution in [1.29, 1.82) is 0 Å². The Morgan fingerprint density at radius 3 is 1.00 bits per heavy atom. The fourth-order valence-electron chi connectivity index (χ4n) is 7.87. The van der Waals surface area contributed by atoms with Crippen LogP contribution in [0.3, 0.4) is 0 Å². The van der Waals surface area contributed by atoms with Crippen LogP contribution in [0.4, 0.5) is 0 Å². The quantitative estimate of drug-likeness (QED) is 0.0496. The number of carbonyl (C=O) groups is 2. The maximum atomic E-state index is 12.4. The number of rotatable bonds is 43. The van der Waals surface area contributed by atoms with Gasteiger partial charge in [-0.05, 0) is 62.7 Å². The lowest BCUT2D eigenvalue weighted by Crippen LogP contribution is -2.14. The Morgan fingerprint density at radius 2 is 0.642 bits per heavy atom. The maximum Gasteiger partial charge on any atom is 0.305 e. The molecule has 0 heterocycles. The highest BCUT2D eigenvalue weighted by Crippen LogP contribution is 2.25. The number of carbonyl (C=O) groups excluding carboxylic acids is 2. The van der Waals surface area contributed by atoms with Crippen LogP contribution < -0.4 is 0 Å². The van der Waals surface area contributed by atoms with Gasteiger partial charge in [-0.2, -0.15) is 0 Å². The lowest BCUT2D eigenvalue weighted by Gasteiger charge is -2.17. The van der Waals surface area contributed by atoms with Crippen LogP contribution >= 0.6 is 0 Å². The molecule has 0 radical (unpaired) electrons. The zero-order valence-electron chi connectivity index (χ0n) is 36.4. The zero-order valence-corrected chi connectivity index (χ0v) is 36.4. The van der Waals surface area contributed by atoms with E-state index in [0.717, 1.165) is 44.4 Å². The molecule has 0 fully saturated rings. The first-order valence-corrected chi connectivity index (χ1v) is 23.9. The van der Waals surface area contributed by atoms with Crippen LogP contribution in [0.25, 0.3) is 0 Å². The monoisotopic (exact) mass is 751 g/mol. The van der Waals surface area contributed by atoms with Gasteiger partial charge in [0.1, 0.15) is 0 Å². The molecule has 2 unspecified atom stereocenters. The largest absolute Gasteiger partial charge is 0.465 e. The molecule has 53 heavy (non-hydrogen) atoms. The van der Waals surface area contributed by atoms with Gasteiger partial charge >= 0.3 is 11.9 Å². The van der Waals surface area contributed by atoms with Crippen LogP contribution in [0.15, 0.2) is 0 Å². The lowest BCUT2D eigenvalue weighted by molar-refractivity contribution is -0.146. The molecule has 316 valence electrons. The van der Waals surface area contributed by atoms with E-state index in [1.807, 2.05) is 0 Å². The Morgan fingerprint density at radius 1 is 0.358 bits per heavy atom.